The fraction of sp³-hybridized carbons (Fsp3) is 0.346. The number of amides is 2. The van der Waals surface area contributed by atoms with Crippen LogP contribution < -0.4 is 9.47 Å². The highest BCUT2D eigenvalue weighted by atomic mass is 79.9. The molecule has 6 nitrogen and oxygen atoms in total. The summed E-state index contributed by atoms with van der Waals surface area (Å²) < 4.78 is 12.5. The summed E-state index contributed by atoms with van der Waals surface area (Å²) in [7, 11) is 0. The van der Waals surface area contributed by atoms with Crippen molar-refractivity contribution in [3.63, 3.8) is 0 Å². The summed E-state index contributed by atoms with van der Waals surface area (Å²) in [6.07, 6.45) is 7.63. The summed E-state index contributed by atoms with van der Waals surface area (Å²) in [4.78, 5) is 26.0. The third kappa shape index (κ3) is 4.16. The topological polar surface area (TPSA) is 68.2 Å². The molecule has 0 unspecified atom stereocenters. The maximum Gasteiger partial charge on any atom is 0.254 e. The van der Waals surface area contributed by atoms with Gasteiger partial charge in [-0.15, -0.1) is 0 Å². The van der Waals surface area contributed by atoms with Crippen molar-refractivity contribution < 1.29 is 19.1 Å². The minimum Gasteiger partial charge on any atom is -0.490 e. The first-order chi connectivity index (χ1) is 16.5. The number of rotatable bonds is 7. The number of carbonyl (C=O) groups is 2. The number of hydrogen-bond acceptors (Lipinski definition) is 5. The highest BCUT2D eigenvalue weighted by Gasteiger charge is 2.56. The molecule has 176 valence electrons. The summed E-state index contributed by atoms with van der Waals surface area (Å²) in [6, 6.07) is 11.1. The molecule has 0 N–H and O–H groups in total. The molecule has 1 aliphatic heterocycles. The minimum absolute atomic E-state index is 0.139. The van der Waals surface area contributed by atoms with Crippen LogP contribution in [0, 0.1) is 23.7 Å². The number of nitrogens with zero attached hydrogens (tertiary/aromatic N) is 2. The van der Waals surface area contributed by atoms with Gasteiger partial charge in [-0.05, 0) is 71.3 Å². The predicted octanol–water partition coefficient (Wildman–Crippen LogP) is 5.61. The highest BCUT2D eigenvalue weighted by molar-refractivity contribution is 9.10. The van der Waals surface area contributed by atoms with Gasteiger partial charge in [0.05, 0.1) is 29.1 Å². The van der Waals surface area contributed by atoms with Crippen molar-refractivity contribution in [2.45, 2.75) is 26.4 Å². The van der Waals surface area contributed by atoms with Crippen LogP contribution >= 0.6 is 27.5 Å². The van der Waals surface area contributed by atoms with Crippen molar-refractivity contribution in [2.75, 3.05) is 6.61 Å². The van der Waals surface area contributed by atoms with E-state index in [9.17, 15) is 9.59 Å². The van der Waals surface area contributed by atoms with Gasteiger partial charge in [-0.3, -0.25) is 9.59 Å². The summed E-state index contributed by atoms with van der Waals surface area (Å²) in [6.45, 7) is 2.61. The molecule has 4 atom stereocenters. The second-order valence-electron chi connectivity index (χ2n) is 8.72. The molecule has 6 rings (SSSR count). The van der Waals surface area contributed by atoms with Crippen LogP contribution in [0.2, 0.25) is 5.02 Å². The van der Waals surface area contributed by atoms with Gasteiger partial charge in [0.2, 0.25) is 0 Å². The lowest BCUT2D eigenvalue weighted by Gasteiger charge is -2.37. The van der Waals surface area contributed by atoms with Crippen molar-refractivity contribution in [3.8, 4) is 11.5 Å². The average Bonchev–Trinajstić information content (AvgIpc) is 3.11. The fourth-order valence-electron chi connectivity index (χ4n) is 5.13. The number of carbonyl (C=O) groups excluding carboxylic acids is 2. The summed E-state index contributed by atoms with van der Waals surface area (Å²) >= 11 is 9.80. The molecule has 8 heteroatoms. The van der Waals surface area contributed by atoms with E-state index in [-0.39, 0.29) is 42.1 Å². The van der Waals surface area contributed by atoms with Crippen molar-refractivity contribution in [3.05, 3.63) is 69.2 Å². The Kier molecular flexibility index (Phi) is 6.49. The average molecular weight is 544 g/mol. The lowest BCUT2D eigenvalue weighted by atomic mass is 9.63. The first-order valence-corrected chi connectivity index (χ1v) is 12.6. The molecule has 2 fully saturated rings. The van der Waals surface area contributed by atoms with Crippen LogP contribution in [-0.4, -0.2) is 29.6 Å². The van der Waals surface area contributed by atoms with Gasteiger partial charge in [0, 0.05) is 10.6 Å². The molecule has 34 heavy (non-hydrogen) atoms. The zero-order valence-corrected chi connectivity index (χ0v) is 21.0. The highest BCUT2D eigenvalue weighted by Crippen LogP contribution is 2.49. The zero-order chi connectivity index (χ0) is 23.8. The van der Waals surface area contributed by atoms with E-state index in [0.29, 0.717) is 33.2 Å². The van der Waals surface area contributed by atoms with Gasteiger partial charge in [-0.1, -0.05) is 42.0 Å². The van der Waals surface area contributed by atoms with Crippen LogP contribution in [0.1, 0.15) is 30.9 Å². The number of allylic oxidation sites excluding steroid dienone is 2. The Hall–Kier alpha value is -2.64. The zero-order valence-electron chi connectivity index (χ0n) is 18.6. The molecule has 1 saturated carbocycles. The quantitative estimate of drug-likeness (QED) is 0.259. The first-order valence-electron chi connectivity index (χ1n) is 11.4. The van der Waals surface area contributed by atoms with E-state index in [1.54, 1.807) is 6.07 Å². The molecule has 2 amide bonds. The van der Waals surface area contributed by atoms with E-state index in [1.807, 2.05) is 37.3 Å². The summed E-state index contributed by atoms with van der Waals surface area (Å²) in [5.41, 5.74) is 1.54. The number of ether oxygens (including phenoxy) is 2. The number of hydrogen-bond donors (Lipinski definition) is 0. The number of hydrazone groups is 1. The summed E-state index contributed by atoms with van der Waals surface area (Å²) in [5.74, 6) is 0.392. The Morgan fingerprint density at radius 1 is 1.09 bits per heavy atom. The maximum atomic E-state index is 13.0. The molecule has 4 aliphatic rings. The second-order valence-corrected chi connectivity index (χ2v) is 9.98. The number of halogens is 2. The van der Waals surface area contributed by atoms with Crippen LogP contribution in [0.4, 0.5) is 0 Å². The van der Waals surface area contributed by atoms with Gasteiger partial charge in [-0.2, -0.15) is 10.1 Å². The SMILES string of the molecule is CCOc1cc(/C=N\N2C(=O)[C@@H]3[C@H](C2=O)[C@H]2C=C[C@H]3CC2)cc(Br)c1OCc1ccccc1Cl. The molecular weight excluding hydrogens is 520 g/mol. The molecule has 0 radical (unpaired) electrons. The molecule has 0 aromatic heterocycles. The second kappa shape index (κ2) is 9.55. The van der Waals surface area contributed by atoms with E-state index < -0.39 is 0 Å². The largest absolute Gasteiger partial charge is 0.490 e. The van der Waals surface area contributed by atoms with Crippen LogP contribution in [0.5, 0.6) is 11.5 Å². The smallest absolute Gasteiger partial charge is 0.254 e. The van der Waals surface area contributed by atoms with Crippen LogP contribution in [0.15, 0.2) is 58.1 Å². The number of fused-ring (bicyclic) bond motifs is 1. The number of benzene rings is 2. The molecule has 2 aromatic carbocycles. The monoisotopic (exact) mass is 542 g/mol. The third-order valence-electron chi connectivity index (χ3n) is 6.72. The van der Waals surface area contributed by atoms with Gasteiger partial charge in [-0.25, -0.2) is 0 Å². The van der Waals surface area contributed by atoms with Gasteiger partial charge >= 0.3 is 0 Å². The van der Waals surface area contributed by atoms with E-state index in [0.717, 1.165) is 23.4 Å². The van der Waals surface area contributed by atoms with Crippen LogP contribution in [0.3, 0.4) is 0 Å². The molecule has 3 aliphatic carbocycles. The molecule has 0 spiro atoms. The molecule has 2 bridgehead atoms. The Morgan fingerprint density at radius 2 is 1.76 bits per heavy atom. The maximum absolute atomic E-state index is 13.0. The van der Waals surface area contributed by atoms with Gasteiger partial charge in [0.25, 0.3) is 11.8 Å². The third-order valence-corrected chi connectivity index (χ3v) is 7.68. The lowest BCUT2D eigenvalue weighted by Crippen LogP contribution is -2.38. The van der Waals surface area contributed by atoms with Crippen molar-refractivity contribution in [1.82, 2.24) is 5.01 Å². The molecular formula is C26H24BrClN2O4. The van der Waals surface area contributed by atoms with Crippen LogP contribution in [-0.2, 0) is 16.2 Å². The molecule has 1 heterocycles. The predicted molar refractivity (Wildman–Crippen MR) is 133 cm³/mol. The van der Waals surface area contributed by atoms with E-state index >= 15 is 0 Å². The molecule has 2 aromatic rings. The van der Waals surface area contributed by atoms with Crippen molar-refractivity contribution in [1.29, 1.82) is 0 Å². The van der Waals surface area contributed by atoms with E-state index in [1.165, 1.54) is 6.21 Å². The van der Waals surface area contributed by atoms with Crippen molar-refractivity contribution >= 4 is 45.6 Å². The van der Waals surface area contributed by atoms with Crippen LogP contribution in [0.25, 0.3) is 0 Å². The fourth-order valence-corrected chi connectivity index (χ4v) is 5.89. The Balaban J connectivity index is 1.36. The number of imide groups is 1. The Labute approximate surface area is 211 Å². The van der Waals surface area contributed by atoms with Gasteiger partial charge < -0.3 is 9.47 Å². The Bertz CT molecular complexity index is 1170. The van der Waals surface area contributed by atoms with Gasteiger partial charge in [0.1, 0.15) is 6.61 Å². The van der Waals surface area contributed by atoms with Gasteiger partial charge in [0.15, 0.2) is 11.5 Å². The lowest BCUT2D eigenvalue weighted by molar-refractivity contribution is -0.140. The van der Waals surface area contributed by atoms with E-state index in [2.05, 4.69) is 33.2 Å². The Morgan fingerprint density at radius 3 is 2.38 bits per heavy atom. The van der Waals surface area contributed by atoms with Crippen molar-refractivity contribution in [2.24, 2.45) is 28.8 Å². The first kappa shape index (κ1) is 23.1. The van der Waals surface area contributed by atoms with E-state index in [4.69, 9.17) is 21.1 Å². The minimum atomic E-state index is -0.278. The molecule has 1 saturated heterocycles. The normalized spacial score (nSPS) is 25.3. The summed E-state index contributed by atoms with van der Waals surface area (Å²) in [5, 5.41) is 5.99. The standard InChI is InChI=1S/C26H24BrClN2O4/c1-2-33-21-12-15(11-19(27)24(21)34-14-18-5-3-4-6-20(18)28)13-29-30-25(31)22-16-7-8-17(10-9-16)23(22)26(30)32/h3-8,11-13,16-17,22-23H,2,9-10,14H2,1H3/b29-13-/t16-,17-,22-,23+/m0/s1.